The molecule has 4 heterocycles. The molecule has 0 aliphatic carbocycles. The Morgan fingerprint density at radius 2 is 2.18 bits per heavy atom. The van der Waals surface area contributed by atoms with Gasteiger partial charge in [-0.1, -0.05) is 6.07 Å². The van der Waals surface area contributed by atoms with Crippen molar-refractivity contribution in [1.29, 1.82) is 5.26 Å². The summed E-state index contributed by atoms with van der Waals surface area (Å²) in [5.74, 6) is 0.235. The van der Waals surface area contributed by atoms with Crippen LogP contribution >= 0.6 is 0 Å². The van der Waals surface area contributed by atoms with Crippen LogP contribution in [0.4, 0.5) is 10.3 Å². The number of aromatic nitrogens is 4. The maximum Gasteiger partial charge on any atom is 0.356 e. The Balaban J connectivity index is 1.51. The van der Waals surface area contributed by atoms with Crippen molar-refractivity contribution < 1.29 is 18.7 Å². The van der Waals surface area contributed by atoms with Gasteiger partial charge in [0.1, 0.15) is 23.3 Å². The zero-order chi connectivity index (χ0) is 22.9. The lowest BCUT2D eigenvalue weighted by molar-refractivity contribution is 0.0594. The smallest absolute Gasteiger partial charge is 0.356 e. The molecule has 5 rings (SSSR count). The summed E-state index contributed by atoms with van der Waals surface area (Å²) in [6.45, 7) is 0.716. The summed E-state index contributed by atoms with van der Waals surface area (Å²) in [5.41, 5.74) is 3.48. The van der Waals surface area contributed by atoms with E-state index >= 15 is 0 Å². The molecule has 9 nitrogen and oxygen atoms in total. The minimum atomic E-state index is -0.540. The maximum absolute atomic E-state index is 14.5. The van der Waals surface area contributed by atoms with Crippen molar-refractivity contribution in [3.63, 3.8) is 0 Å². The van der Waals surface area contributed by atoms with Gasteiger partial charge in [0.2, 0.25) is 5.95 Å². The minimum Gasteiger partial charge on any atom is -0.493 e. The molecule has 10 heteroatoms. The molecular weight excluding hydrogens is 427 g/mol. The van der Waals surface area contributed by atoms with Crippen LogP contribution in [0.2, 0.25) is 0 Å². The Labute approximate surface area is 187 Å². The molecule has 3 aromatic heterocycles. The van der Waals surface area contributed by atoms with Crippen LogP contribution in [-0.4, -0.2) is 39.0 Å². The van der Waals surface area contributed by atoms with Crippen molar-refractivity contribution in [3.05, 3.63) is 71.2 Å². The number of pyridine rings is 1. The number of nitriles is 1. The van der Waals surface area contributed by atoms with Gasteiger partial charge < -0.3 is 14.8 Å². The predicted octanol–water partition coefficient (Wildman–Crippen LogP) is 3.14. The SMILES string of the molecule is COC(=O)c1ccc(-c2cnc(NCc3c(F)ccc4c3CCO4)n3cc(C#N)nc23)cn1. The van der Waals surface area contributed by atoms with E-state index in [1.807, 2.05) is 6.07 Å². The molecule has 0 amide bonds. The molecule has 0 radical (unpaired) electrons. The van der Waals surface area contributed by atoms with Gasteiger partial charge in [-0.05, 0) is 18.2 Å². The Kier molecular flexibility index (Phi) is 5.06. The van der Waals surface area contributed by atoms with Crippen molar-refractivity contribution in [3.8, 4) is 22.9 Å². The van der Waals surface area contributed by atoms with Gasteiger partial charge in [0.05, 0.1) is 19.9 Å². The zero-order valence-electron chi connectivity index (χ0n) is 17.5. The van der Waals surface area contributed by atoms with Gasteiger partial charge in [-0.3, -0.25) is 4.40 Å². The number of carbonyl (C=O) groups excluding carboxylic acids is 1. The normalized spacial score (nSPS) is 12.2. The number of halogens is 1. The third-order valence-electron chi connectivity index (χ3n) is 5.44. The molecule has 0 saturated heterocycles. The highest BCUT2D eigenvalue weighted by Gasteiger charge is 2.20. The predicted molar refractivity (Wildman–Crippen MR) is 115 cm³/mol. The number of hydrogen-bond acceptors (Lipinski definition) is 8. The fourth-order valence-electron chi connectivity index (χ4n) is 3.82. The maximum atomic E-state index is 14.5. The topological polar surface area (TPSA) is 114 Å². The second-order valence-corrected chi connectivity index (χ2v) is 7.31. The first-order valence-electron chi connectivity index (χ1n) is 10.1. The van der Waals surface area contributed by atoms with E-state index in [1.165, 1.54) is 19.4 Å². The summed E-state index contributed by atoms with van der Waals surface area (Å²) in [5, 5.41) is 12.5. The lowest BCUT2D eigenvalue weighted by atomic mass is 10.0. The minimum absolute atomic E-state index is 0.172. The van der Waals surface area contributed by atoms with Crippen LogP contribution in [0.3, 0.4) is 0 Å². The highest BCUT2D eigenvalue weighted by Crippen LogP contribution is 2.31. The van der Waals surface area contributed by atoms with Crippen molar-refractivity contribution >= 4 is 17.6 Å². The Bertz CT molecular complexity index is 1430. The third kappa shape index (κ3) is 3.59. The van der Waals surface area contributed by atoms with E-state index in [9.17, 15) is 14.4 Å². The van der Waals surface area contributed by atoms with Crippen LogP contribution in [0.5, 0.6) is 5.75 Å². The lowest BCUT2D eigenvalue weighted by Gasteiger charge is -2.13. The molecular formula is C23H17FN6O3. The number of imidazole rings is 1. The largest absolute Gasteiger partial charge is 0.493 e. The Hall–Kier alpha value is -4.52. The van der Waals surface area contributed by atoms with Crippen LogP contribution < -0.4 is 10.1 Å². The number of methoxy groups -OCH3 is 1. The molecule has 0 saturated carbocycles. The molecule has 1 aromatic carbocycles. The highest BCUT2D eigenvalue weighted by molar-refractivity contribution is 5.88. The number of ether oxygens (including phenoxy) is 2. The number of carbonyl (C=O) groups is 1. The van der Waals surface area contributed by atoms with Gasteiger partial charge >= 0.3 is 5.97 Å². The van der Waals surface area contributed by atoms with Gasteiger partial charge in [0.15, 0.2) is 11.3 Å². The van der Waals surface area contributed by atoms with Crippen LogP contribution in [0.1, 0.15) is 27.3 Å². The first kappa shape index (κ1) is 20.4. The van der Waals surface area contributed by atoms with Crippen LogP contribution in [0, 0.1) is 17.1 Å². The van der Waals surface area contributed by atoms with Crippen molar-refractivity contribution in [2.45, 2.75) is 13.0 Å². The van der Waals surface area contributed by atoms with Crippen molar-refractivity contribution in [2.75, 3.05) is 19.0 Å². The highest BCUT2D eigenvalue weighted by atomic mass is 19.1. The van der Waals surface area contributed by atoms with E-state index in [2.05, 4.69) is 25.0 Å². The summed E-state index contributed by atoms with van der Waals surface area (Å²) in [7, 11) is 1.29. The van der Waals surface area contributed by atoms with E-state index in [1.54, 1.807) is 35.0 Å². The zero-order valence-corrected chi connectivity index (χ0v) is 17.5. The summed E-state index contributed by atoms with van der Waals surface area (Å²) >= 11 is 0. The second kappa shape index (κ2) is 8.20. The van der Waals surface area contributed by atoms with Crippen LogP contribution in [-0.2, 0) is 17.7 Å². The number of anilines is 1. The van der Waals surface area contributed by atoms with Crippen LogP contribution in [0.15, 0.2) is 42.9 Å². The molecule has 1 N–H and O–H groups in total. The molecule has 1 aliphatic rings. The van der Waals surface area contributed by atoms with Gasteiger partial charge in [-0.25, -0.2) is 24.1 Å². The van der Waals surface area contributed by atoms with E-state index in [0.717, 1.165) is 5.56 Å². The number of fused-ring (bicyclic) bond motifs is 2. The molecule has 1 aliphatic heterocycles. The van der Waals surface area contributed by atoms with Gasteiger partial charge in [0.25, 0.3) is 0 Å². The molecule has 0 bridgehead atoms. The second-order valence-electron chi connectivity index (χ2n) is 7.31. The van der Waals surface area contributed by atoms with E-state index in [-0.39, 0.29) is 23.7 Å². The van der Waals surface area contributed by atoms with E-state index in [4.69, 9.17) is 4.74 Å². The number of nitrogens with one attached hydrogen (secondary N) is 1. The number of hydrogen-bond donors (Lipinski definition) is 1. The van der Waals surface area contributed by atoms with Gasteiger partial charge in [0, 0.05) is 47.6 Å². The monoisotopic (exact) mass is 444 g/mol. The number of rotatable bonds is 5. The summed E-state index contributed by atoms with van der Waals surface area (Å²) in [6, 6.07) is 8.30. The fraction of sp³-hybridized carbons (Fsp3) is 0.174. The van der Waals surface area contributed by atoms with Crippen LogP contribution in [0.25, 0.3) is 16.8 Å². The van der Waals surface area contributed by atoms with Crippen molar-refractivity contribution in [2.24, 2.45) is 0 Å². The molecule has 164 valence electrons. The molecule has 33 heavy (non-hydrogen) atoms. The first-order valence-corrected chi connectivity index (χ1v) is 10.1. The summed E-state index contributed by atoms with van der Waals surface area (Å²) < 4.78 is 26.4. The number of benzene rings is 1. The molecule has 0 unspecified atom stereocenters. The first-order chi connectivity index (χ1) is 16.1. The molecule has 0 atom stereocenters. The quantitative estimate of drug-likeness (QED) is 0.467. The Morgan fingerprint density at radius 3 is 2.94 bits per heavy atom. The van der Waals surface area contributed by atoms with Gasteiger partial charge in [-0.15, -0.1) is 0 Å². The van der Waals surface area contributed by atoms with Gasteiger partial charge in [-0.2, -0.15) is 5.26 Å². The van der Waals surface area contributed by atoms with Crippen molar-refractivity contribution in [1.82, 2.24) is 19.4 Å². The van der Waals surface area contributed by atoms with E-state index < -0.39 is 5.97 Å². The fourth-order valence-corrected chi connectivity index (χ4v) is 3.82. The average Bonchev–Trinajstić information content (AvgIpc) is 3.50. The number of esters is 1. The average molecular weight is 444 g/mol. The summed E-state index contributed by atoms with van der Waals surface area (Å²) in [4.78, 5) is 24.6. The Morgan fingerprint density at radius 1 is 1.30 bits per heavy atom. The molecule has 0 fully saturated rings. The summed E-state index contributed by atoms with van der Waals surface area (Å²) in [6.07, 6.45) is 5.30. The lowest BCUT2D eigenvalue weighted by Crippen LogP contribution is -2.10. The third-order valence-corrected chi connectivity index (χ3v) is 5.44. The van der Waals surface area contributed by atoms with E-state index in [0.29, 0.717) is 47.1 Å². The number of nitrogens with zero attached hydrogens (tertiary/aromatic N) is 5. The standard InChI is InChI=1S/C23H17FN6O3/c1-32-22(31)19-4-2-13(9-26-19)16-10-27-23(30-12-14(8-25)29-21(16)30)28-11-17-15-6-7-33-20(15)5-3-18(17)24/h2-5,9-10,12H,6-7,11H2,1H3,(H,27,28). The molecule has 0 spiro atoms. The molecule has 4 aromatic rings.